The van der Waals surface area contributed by atoms with Crippen LogP contribution < -0.4 is 5.32 Å². The van der Waals surface area contributed by atoms with Crippen LogP contribution in [-0.2, 0) is 45.4 Å². The van der Waals surface area contributed by atoms with Crippen LogP contribution in [0.3, 0.4) is 0 Å². The molecule has 2 fully saturated rings. The van der Waals surface area contributed by atoms with Crippen LogP contribution in [0, 0.1) is 0 Å². The second kappa shape index (κ2) is 13.2. The Balaban J connectivity index is 1.31. The van der Waals surface area contributed by atoms with Crippen molar-refractivity contribution in [3.05, 3.63) is 53.7 Å². The number of amides is 1. The van der Waals surface area contributed by atoms with Crippen molar-refractivity contribution in [1.82, 2.24) is 4.57 Å². The summed E-state index contributed by atoms with van der Waals surface area (Å²) in [4.78, 5) is 12.7. The van der Waals surface area contributed by atoms with Crippen LogP contribution in [-0.4, -0.2) is 118 Å². The first kappa shape index (κ1) is 31.8. The number of aromatic nitrogens is 1. The zero-order valence-electron chi connectivity index (χ0n) is 23.4. The monoisotopic (exact) mass is 616 g/mol. The van der Waals surface area contributed by atoms with E-state index in [4.69, 9.17) is 35.8 Å². The number of methoxy groups -OCH3 is 2. The number of aliphatic hydroxyl groups excluding tert-OH is 2. The Morgan fingerprint density at radius 1 is 1.17 bits per heavy atom. The maximum absolute atomic E-state index is 14.3. The third-order valence-corrected chi connectivity index (χ3v) is 11.2. The summed E-state index contributed by atoms with van der Waals surface area (Å²) in [6, 6.07) is 11.5. The van der Waals surface area contributed by atoms with E-state index in [1.54, 1.807) is 61.6 Å². The van der Waals surface area contributed by atoms with Crippen LogP contribution in [0.2, 0.25) is 0 Å². The number of anilines is 1. The molecule has 42 heavy (non-hydrogen) atoms. The van der Waals surface area contributed by atoms with E-state index in [0.29, 0.717) is 11.4 Å². The predicted molar refractivity (Wildman–Crippen MR) is 158 cm³/mol. The SMILES string of the molecule is [B][C@@H]1O[C@H](COP(=O)(OC2[C@@H](CO)OC3(B=B3)[C@H]2OC)SCc2ccc(NC(=O)c3ccccc3)n2C)C(O)[C@@H]1OC. The molecular formula is C25H32B3N2O10PS. The molecule has 2 aromatic rings. The van der Waals surface area contributed by atoms with Gasteiger partial charge in [0.15, 0.2) is 0 Å². The number of rotatable bonds is 13. The summed E-state index contributed by atoms with van der Waals surface area (Å²) in [7, 11) is 10.6. The molecule has 1 aromatic heterocycles. The van der Waals surface area contributed by atoms with Crippen LogP contribution in [0.25, 0.3) is 0 Å². The molecule has 5 rings (SSSR count). The fourth-order valence-corrected chi connectivity index (χ4v) is 8.53. The van der Waals surface area contributed by atoms with Crippen molar-refractivity contribution in [2.45, 2.75) is 53.8 Å². The van der Waals surface area contributed by atoms with Gasteiger partial charge in [-0.15, -0.1) is 0 Å². The summed E-state index contributed by atoms with van der Waals surface area (Å²) in [6.07, 6.45) is -5.22. The van der Waals surface area contributed by atoms with Gasteiger partial charge in [-0.1, -0.05) is 18.2 Å². The molecule has 17 heteroatoms. The van der Waals surface area contributed by atoms with Crippen LogP contribution in [0.5, 0.6) is 0 Å². The van der Waals surface area contributed by atoms with Crippen molar-refractivity contribution in [2.24, 2.45) is 7.05 Å². The van der Waals surface area contributed by atoms with Gasteiger partial charge in [0.05, 0.1) is 0 Å². The van der Waals surface area contributed by atoms with Crippen molar-refractivity contribution in [1.29, 1.82) is 0 Å². The molecule has 1 spiro atoms. The van der Waals surface area contributed by atoms with E-state index in [9.17, 15) is 19.6 Å². The maximum atomic E-state index is 14.3. The average Bonchev–Trinajstić information content (AvgIpc) is 3.48. The molecular weight excluding hydrogens is 584 g/mol. The minimum atomic E-state index is -4.03. The van der Waals surface area contributed by atoms with E-state index in [1.165, 1.54) is 14.2 Å². The van der Waals surface area contributed by atoms with E-state index in [2.05, 4.69) is 5.32 Å². The summed E-state index contributed by atoms with van der Waals surface area (Å²) in [6.45, 7) is -1.15. The van der Waals surface area contributed by atoms with Crippen LogP contribution in [0.1, 0.15) is 16.1 Å². The van der Waals surface area contributed by atoms with Gasteiger partial charge < -0.3 is 0 Å². The number of nitrogens with one attached hydrogen (secondary N) is 1. The Kier molecular flexibility index (Phi) is 10.0. The van der Waals surface area contributed by atoms with Gasteiger partial charge >= 0.3 is 210 Å². The third kappa shape index (κ3) is 6.58. The van der Waals surface area contributed by atoms with E-state index in [1.807, 2.05) is 6.07 Å². The van der Waals surface area contributed by atoms with Crippen LogP contribution in [0.15, 0.2) is 42.5 Å². The van der Waals surface area contributed by atoms with Gasteiger partial charge in [-0.25, -0.2) is 0 Å². The van der Waals surface area contributed by atoms with Crippen molar-refractivity contribution >= 4 is 51.4 Å². The van der Waals surface area contributed by atoms with Crippen LogP contribution >= 0.6 is 18.2 Å². The molecule has 4 heterocycles. The summed E-state index contributed by atoms with van der Waals surface area (Å²) >= 11 is 0.909. The standard InChI is InChI=1S/C25H32B3N2O10PS/c1-30-15(9-10-18(30)29-24(33)14-7-5-4-6-8-14)13-42-41(34,37-12-17-19(32)21(35-2)23(26)38-17)40-20-16(11-31)39-25(27-28-25)22(20)36-3/h4-10,16-17,19-23,31-32H,11-13H2,1-3H3,(H,29,33)/t16-,17-,19?,20?,21+,22+,23-,41?/m1/s1. The Bertz CT molecular complexity index is 1330. The second-order valence-electron chi connectivity index (χ2n) is 10.2. The Labute approximate surface area is 250 Å². The second-order valence-corrected chi connectivity index (χ2v) is 14.2. The number of hydrogen-bond acceptors (Lipinski definition) is 11. The van der Waals surface area contributed by atoms with Gasteiger partial charge in [0.1, 0.15) is 0 Å². The Morgan fingerprint density at radius 3 is 2.52 bits per heavy atom. The van der Waals surface area contributed by atoms with E-state index >= 15 is 0 Å². The molecule has 1 aromatic carbocycles. The van der Waals surface area contributed by atoms with Gasteiger partial charge in [-0.2, -0.15) is 0 Å². The number of ether oxygens (including phenoxy) is 4. The molecule has 0 aliphatic carbocycles. The molecule has 3 aliphatic rings. The van der Waals surface area contributed by atoms with E-state index < -0.39 is 61.4 Å². The number of carbonyl (C=O) groups is 1. The van der Waals surface area contributed by atoms with Crippen molar-refractivity contribution in [3.63, 3.8) is 0 Å². The Morgan fingerprint density at radius 2 is 1.90 bits per heavy atom. The number of carbonyl (C=O) groups excluding carboxylic acids is 1. The molecule has 3 N–H and O–H groups in total. The molecule has 0 bridgehead atoms. The van der Waals surface area contributed by atoms with Crippen molar-refractivity contribution in [2.75, 3.05) is 32.8 Å². The number of nitrogens with zero attached hydrogens (tertiary/aromatic N) is 1. The summed E-state index contributed by atoms with van der Waals surface area (Å²) in [5.41, 5.74) is 1.24. The zero-order chi connectivity index (χ0) is 30.1. The zero-order valence-corrected chi connectivity index (χ0v) is 25.1. The van der Waals surface area contributed by atoms with Gasteiger partial charge in [0.2, 0.25) is 0 Å². The topological polar surface area (TPSA) is 147 Å². The fourth-order valence-electron chi connectivity index (χ4n) is 5.12. The quantitative estimate of drug-likeness (QED) is 0.216. The number of hydrogen-bond donors (Lipinski definition) is 3. The third-order valence-electron chi connectivity index (χ3n) is 7.56. The predicted octanol–water partition coefficient (Wildman–Crippen LogP) is 0.687. The summed E-state index contributed by atoms with van der Waals surface area (Å²) < 4.78 is 50.4. The molecule has 12 nitrogen and oxygen atoms in total. The van der Waals surface area contributed by atoms with Gasteiger partial charge in [-0.05, 0) is 12.1 Å². The summed E-state index contributed by atoms with van der Waals surface area (Å²) in [5, 5.41) is 22.6. The van der Waals surface area contributed by atoms with Crippen molar-refractivity contribution < 1.29 is 47.6 Å². The average molecular weight is 616 g/mol. The normalized spacial score (nSPS) is 30.5. The molecule has 0 saturated carbocycles. The first-order valence-corrected chi connectivity index (χ1v) is 16.5. The number of aliphatic hydroxyl groups is 2. The molecule has 2 radical (unpaired) electrons. The van der Waals surface area contributed by atoms with Gasteiger partial charge in [-0.3, -0.25) is 4.79 Å². The van der Waals surface area contributed by atoms with Gasteiger partial charge in [0, 0.05) is 5.56 Å². The fraction of sp³-hybridized carbons (Fsp3) is 0.560. The Hall–Kier alpha value is -1.58. The van der Waals surface area contributed by atoms with Gasteiger partial charge in [0.25, 0.3) is 0 Å². The van der Waals surface area contributed by atoms with E-state index in [0.717, 1.165) is 17.1 Å². The minimum absolute atomic E-state index is 0.168. The molecule has 3 aliphatic heterocycles. The molecule has 3 unspecified atom stereocenters. The number of benzene rings is 1. The van der Waals surface area contributed by atoms with Crippen LogP contribution in [0.4, 0.5) is 5.82 Å². The van der Waals surface area contributed by atoms with E-state index in [-0.39, 0.29) is 18.3 Å². The summed E-state index contributed by atoms with van der Waals surface area (Å²) in [5.74, 6) is 0.450. The molecule has 222 valence electrons. The molecule has 8 atom stereocenters. The first-order chi connectivity index (χ1) is 20.1. The molecule has 2 saturated heterocycles. The first-order valence-electron chi connectivity index (χ1n) is 13.4. The molecule has 1 amide bonds. The van der Waals surface area contributed by atoms with Crippen molar-refractivity contribution in [3.8, 4) is 0 Å².